The average Bonchev–Trinajstić information content (AvgIpc) is 2.30. The molecule has 0 atom stereocenters. The van der Waals surface area contributed by atoms with Gasteiger partial charge in [-0.25, -0.2) is 4.79 Å². The summed E-state index contributed by atoms with van der Waals surface area (Å²) in [5.41, 5.74) is 7.21. The van der Waals surface area contributed by atoms with Crippen LogP contribution in [0.5, 0.6) is 0 Å². The molecule has 0 spiro atoms. The summed E-state index contributed by atoms with van der Waals surface area (Å²) in [6.07, 6.45) is 1.91. The van der Waals surface area contributed by atoms with Crippen LogP contribution in [0, 0.1) is 0 Å². The van der Waals surface area contributed by atoms with E-state index in [1.165, 1.54) is 6.07 Å². The summed E-state index contributed by atoms with van der Waals surface area (Å²) >= 11 is 0. The molecule has 0 heterocycles. The third-order valence-electron chi connectivity index (χ3n) is 2.39. The second-order valence-corrected chi connectivity index (χ2v) is 3.73. The predicted octanol–water partition coefficient (Wildman–Crippen LogP) is 1.81. The molecule has 0 saturated heterocycles. The first-order valence-electron chi connectivity index (χ1n) is 5.50. The van der Waals surface area contributed by atoms with Crippen LogP contribution in [0.25, 0.3) is 0 Å². The van der Waals surface area contributed by atoms with Crippen LogP contribution in [0.4, 0.5) is 11.4 Å². The molecule has 5 heteroatoms. The Kier molecular flexibility index (Phi) is 5.29. The first kappa shape index (κ1) is 13.3. The van der Waals surface area contributed by atoms with E-state index in [4.69, 9.17) is 15.6 Å². The van der Waals surface area contributed by atoms with Gasteiger partial charge in [-0.15, -0.1) is 0 Å². The summed E-state index contributed by atoms with van der Waals surface area (Å²) in [5, 5.41) is 12.0. The molecule has 0 aliphatic rings. The van der Waals surface area contributed by atoms with Gasteiger partial charge in [0.25, 0.3) is 0 Å². The van der Waals surface area contributed by atoms with Crippen LogP contribution in [-0.4, -0.2) is 31.3 Å². The molecule has 0 bridgehead atoms. The molecule has 17 heavy (non-hydrogen) atoms. The molecule has 5 nitrogen and oxygen atoms in total. The molecule has 0 fully saturated rings. The molecule has 0 amide bonds. The van der Waals surface area contributed by atoms with Crippen molar-refractivity contribution in [2.75, 3.05) is 31.3 Å². The fourth-order valence-corrected chi connectivity index (χ4v) is 1.44. The van der Waals surface area contributed by atoms with Gasteiger partial charge in [0.2, 0.25) is 0 Å². The maximum absolute atomic E-state index is 10.8. The van der Waals surface area contributed by atoms with E-state index in [-0.39, 0.29) is 5.56 Å². The Labute approximate surface area is 101 Å². The third-order valence-corrected chi connectivity index (χ3v) is 2.39. The van der Waals surface area contributed by atoms with Crippen LogP contribution in [-0.2, 0) is 4.74 Å². The highest BCUT2D eigenvalue weighted by Crippen LogP contribution is 2.20. The lowest BCUT2D eigenvalue weighted by molar-refractivity contribution is 0.0697. The smallest absolute Gasteiger partial charge is 0.335 e. The summed E-state index contributed by atoms with van der Waals surface area (Å²) in [6, 6.07) is 4.64. The summed E-state index contributed by atoms with van der Waals surface area (Å²) in [5.74, 6) is -0.951. The molecule has 4 N–H and O–H groups in total. The summed E-state index contributed by atoms with van der Waals surface area (Å²) in [6.45, 7) is 1.48. The first-order valence-corrected chi connectivity index (χ1v) is 5.50. The molecule has 0 radical (unpaired) electrons. The summed E-state index contributed by atoms with van der Waals surface area (Å²) < 4.78 is 4.94. The molecule has 0 aliphatic heterocycles. The van der Waals surface area contributed by atoms with Crippen LogP contribution in [0.1, 0.15) is 23.2 Å². The number of ether oxygens (including phenoxy) is 1. The zero-order chi connectivity index (χ0) is 12.7. The number of hydrogen-bond donors (Lipinski definition) is 3. The molecule has 0 saturated carbocycles. The normalized spacial score (nSPS) is 10.2. The average molecular weight is 238 g/mol. The lowest BCUT2D eigenvalue weighted by Gasteiger charge is -2.09. The quantitative estimate of drug-likeness (QED) is 0.498. The third kappa shape index (κ3) is 4.32. The molecule has 1 aromatic carbocycles. The topological polar surface area (TPSA) is 84.6 Å². The maximum atomic E-state index is 10.8. The highest BCUT2D eigenvalue weighted by atomic mass is 16.5. The van der Waals surface area contributed by atoms with Crippen molar-refractivity contribution in [2.24, 2.45) is 0 Å². The Bertz CT molecular complexity index is 380. The largest absolute Gasteiger partial charge is 0.478 e. The van der Waals surface area contributed by atoms with E-state index >= 15 is 0 Å². The van der Waals surface area contributed by atoms with Crippen LogP contribution in [0.15, 0.2) is 18.2 Å². The van der Waals surface area contributed by atoms with Crippen molar-refractivity contribution in [3.63, 3.8) is 0 Å². The number of hydrogen-bond acceptors (Lipinski definition) is 4. The van der Waals surface area contributed by atoms with Crippen molar-refractivity contribution < 1.29 is 14.6 Å². The van der Waals surface area contributed by atoms with Crippen molar-refractivity contribution in [3.8, 4) is 0 Å². The van der Waals surface area contributed by atoms with Crippen molar-refractivity contribution in [1.29, 1.82) is 0 Å². The molecular formula is C12H18N2O3. The van der Waals surface area contributed by atoms with Gasteiger partial charge < -0.3 is 20.9 Å². The summed E-state index contributed by atoms with van der Waals surface area (Å²) in [4.78, 5) is 10.8. The van der Waals surface area contributed by atoms with E-state index in [2.05, 4.69) is 5.32 Å². The van der Waals surface area contributed by atoms with Gasteiger partial charge in [-0.05, 0) is 31.0 Å². The highest BCUT2D eigenvalue weighted by molar-refractivity contribution is 5.90. The number of nitrogens with one attached hydrogen (secondary N) is 1. The Morgan fingerprint density at radius 3 is 2.88 bits per heavy atom. The number of nitrogens with two attached hydrogens (primary N) is 1. The lowest BCUT2D eigenvalue weighted by Crippen LogP contribution is -2.07. The van der Waals surface area contributed by atoms with Gasteiger partial charge in [-0.3, -0.25) is 0 Å². The number of carboxylic acid groups (broad SMARTS) is 1. The van der Waals surface area contributed by atoms with Gasteiger partial charge >= 0.3 is 5.97 Å². The number of nitrogen functional groups attached to an aromatic ring is 1. The van der Waals surface area contributed by atoms with E-state index in [1.54, 1.807) is 19.2 Å². The molecule has 0 unspecified atom stereocenters. The number of carbonyl (C=O) groups is 1. The number of rotatable bonds is 7. The fraction of sp³-hybridized carbons (Fsp3) is 0.417. The predicted molar refractivity (Wildman–Crippen MR) is 67.4 cm³/mol. The number of benzene rings is 1. The number of aromatic carboxylic acids is 1. The van der Waals surface area contributed by atoms with Crippen LogP contribution in [0.3, 0.4) is 0 Å². The number of carboxylic acids is 1. The minimum Gasteiger partial charge on any atom is -0.478 e. The van der Waals surface area contributed by atoms with Gasteiger partial charge in [0.15, 0.2) is 0 Å². The Morgan fingerprint density at radius 2 is 2.24 bits per heavy atom. The Hall–Kier alpha value is -1.75. The van der Waals surface area contributed by atoms with Crippen LogP contribution < -0.4 is 11.1 Å². The van der Waals surface area contributed by atoms with Crippen molar-refractivity contribution in [3.05, 3.63) is 23.8 Å². The van der Waals surface area contributed by atoms with Crippen molar-refractivity contribution >= 4 is 17.3 Å². The number of anilines is 2. The van der Waals surface area contributed by atoms with Crippen LogP contribution in [0.2, 0.25) is 0 Å². The zero-order valence-corrected chi connectivity index (χ0v) is 9.90. The van der Waals surface area contributed by atoms with Gasteiger partial charge in [0.1, 0.15) is 0 Å². The SMILES string of the molecule is COCCCCNc1cc(C(=O)O)ccc1N. The Morgan fingerprint density at radius 1 is 1.47 bits per heavy atom. The van der Waals surface area contributed by atoms with Crippen LogP contribution >= 0.6 is 0 Å². The van der Waals surface area contributed by atoms with E-state index in [1.807, 2.05) is 0 Å². The minimum atomic E-state index is -0.951. The van der Waals surface area contributed by atoms with Crippen molar-refractivity contribution in [2.45, 2.75) is 12.8 Å². The Balaban J connectivity index is 2.51. The van der Waals surface area contributed by atoms with E-state index in [9.17, 15) is 4.79 Å². The standard InChI is InChI=1S/C12H18N2O3/c1-17-7-3-2-6-14-11-8-9(12(15)16)4-5-10(11)13/h4-5,8,14H,2-3,6-7,13H2,1H3,(H,15,16). The van der Waals surface area contributed by atoms with Gasteiger partial charge in [-0.1, -0.05) is 0 Å². The second-order valence-electron chi connectivity index (χ2n) is 3.73. The maximum Gasteiger partial charge on any atom is 0.335 e. The number of unbranched alkanes of at least 4 members (excludes halogenated alkanes) is 1. The molecule has 94 valence electrons. The fourth-order valence-electron chi connectivity index (χ4n) is 1.44. The molecular weight excluding hydrogens is 220 g/mol. The second kappa shape index (κ2) is 6.75. The van der Waals surface area contributed by atoms with Gasteiger partial charge in [0.05, 0.1) is 16.9 Å². The monoisotopic (exact) mass is 238 g/mol. The van der Waals surface area contributed by atoms with E-state index in [0.717, 1.165) is 26.0 Å². The summed E-state index contributed by atoms with van der Waals surface area (Å²) in [7, 11) is 1.67. The van der Waals surface area contributed by atoms with E-state index < -0.39 is 5.97 Å². The van der Waals surface area contributed by atoms with Crippen molar-refractivity contribution in [1.82, 2.24) is 0 Å². The molecule has 0 aliphatic carbocycles. The lowest BCUT2D eigenvalue weighted by atomic mass is 10.1. The first-order chi connectivity index (χ1) is 8.15. The highest BCUT2D eigenvalue weighted by Gasteiger charge is 2.05. The van der Waals surface area contributed by atoms with E-state index in [0.29, 0.717) is 11.4 Å². The molecule has 1 rings (SSSR count). The van der Waals surface area contributed by atoms with Gasteiger partial charge in [-0.2, -0.15) is 0 Å². The molecule has 0 aromatic heterocycles. The van der Waals surface area contributed by atoms with Gasteiger partial charge in [0, 0.05) is 20.3 Å². The minimum absolute atomic E-state index is 0.235. The number of methoxy groups -OCH3 is 1. The zero-order valence-electron chi connectivity index (χ0n) is 9.90. The molecule has 1 aromatic rings.